The van der Waals surface area contributed by atoms with Crippen molar-refractivity contribution < 1.29 is 4.74 Å². The highest BCUT2D eigenvalue weighted by Gasteiger charge is 2.13. The smallest absolute Gasteiger partial charge is 0.218 e. The van der Waals surface area contributed by atoms with Crippen molar-refractivity contribution in [3.05, 3.63) is 11.9 Å². The molecule has 0 spiro atoms. The predicted octanol–water partition coefficient (Wildman–Crippen LogP) is 2.47. The number of hydrogen-bond donors (Lipinski definition) is 1. The summed E-state index contributed by atoms with van der Waals surface area (Å²) >= 11 is 5.89. The summed E-state index contributed by atoms with van der Waals surface area (Å²) in [5.74, 6) is 2.98. The minimum atomic E-state index is 0.195. The van der Waals surface area contributed by atoms with Gasteiger partial charge in [0.2, 0.25) is 5.88 Å². The van der Waals surface area contributed by atoms with E-state index in [1.54, 1.807) is 13.2 Å². The summed E-state index contributed by atoms with van der Waals surface area (Å²) in [6.07, 6.45) is 0. The number of nitrogens with one attached hydrogen (secondary N) is 1. The first-order valence-electron chi connectivity index (χ1n) is 5.29. The lowest BCUT2D eigenvalue weighted by molar-refractivity contribution is 0.395. The molecule has 1 heterocycles. The fourth-order valence-electron chi connectivity index (χ4n) is 1.29. The van der Waals surface area contributed by atoms with Gasteiger partial charge in [-0.3, -0.25) is 0 Å². The van der Waals surface area contributed by atoms with Crippen molar-refractivity contribution in [3.63, 3.8) is 0 Å². The van der Waals surface area contributed by atoms with Gasteiger partial charge in [0.1, 0.15) is 11.6 Å². The molecule has 0 aliphatic heterocycles. The van der Waals surface area contributed by atoms with Crippen LogP contribution in [0.3, 0.4) is 0 Å². The van der Waals surface area contributed by atoms with Crippen LogP contribution in [0.5, 0.6) is 5.88 Å². The average molecular weight is 244 g/mol. The molecule has 0 radical (unpaired) electrons. The molecule has 0 aliphatic rings. The molecule has 0 saturated carbocycles. The molecule has 1 atom stereocenters. The summed E-state index contributed by atoms with van der Waals surface area (Å²) in [4.78, 5) is 8.42. The lowest BCUT2D eigenvalue weighted by Crippen LogP contribution is -2.28. The third-order valence-electron chi connectivity index (χ3n) is 2.33. The molecule has 1 unspecified atom stereocenters. The first-order valence-corrected chi connectivity index (χ1v) is 5.82. The van der Waals surface area contributed by atoms with E-state index in [2.05, 4.69) is 29.1 Å². The fourth-order valence-corrected chi connectivity index (χ4v) is 1.73. The van der Waals surface area contributed by atoms with Crippen LogP contribution in [0.25, 0.3) is 0 Å². The summed E-state index contributed by atoms with van der Waals surface area (Å²) in [5, 5.41) is 3.28. The number of aryl methyl sites for hydroxylation is 1. The van der Waals surface area contributed by atoms with Crippen LogP contribution in [0.15, 0.2) is 6.07 Å². The maximum absolute atomic E-state index is 5.89. The fraction of sp³-hybridized carbons (Fsp3) is 0.636. The Hall–Kier alpha value is -1.03. The Kier molecular flexibility index (Phi) is 4.80. The molecule has 0 saturated heterocycles. The van der Waals surface area contributed by atoms with Gasteiger partial charge in [-0.1, -0.05) is 13.8 Å². The molecule has 90 valence electrons. The second kappa shape index (κ2) is 5.89. The first kappa shape index (κ1) is 13.0. The molecule has 1 aromatic heterocycles. The van der Waals surface area contributed by atoms with Crippen LogP contribution in [0, 0.1) is 12.8 Å². The number of aromatic nitrogens is 2. The normalized spacial score (nSPS) is 12.6. The molecule has 0 amide bonds. The molecule has 0 fully saturated rings. The van der Waals surface area contributed by atoms with Crippen LogP contribution < -0.4 is 10.1 Å². The number of hydrogen-bond acceptors (Lipinski definition) is 4. The van der Waals surface area contributed by atoms with Crippen molar-refractivity contribution in [2.45, 2.75) is 26.8 Å². The SMILES string of the molecule is COc1cc(NC(CCl)C(C)C)nc(C)n1. The molecule has 1 rings (SSSR count). The highest BCUT2D eigenvalue weighted by atomic mass is 35.5. The van der Waals surface area contributed by atoms with Gasteiger partial charge in [-0.25, -0.2) is 4.98 Å². The van der Waals surface area contributed by atoms with Crippen LogP contribution >= 0.6 is 11.6 Å². The van der Waals surface area contributed by atoms with Gasteiger partial charge in [-0.05, 0) is 12.8 Å². The third-order valence-corrected chi connectivity index (χ3v) is 2.66. The zero-order valence-corrected chi connectivity index (χ0v) is 10.9. The van der Waals surface area contributed by atoms with E-state index in [-0.39, 0.29) is 6.04 Å². The molecule has 4 nitrogen and oxygen atoms in total. The topological polar surface area (TPSA) is 47.0 Å². The number of anilines is 1. The van der Waals surface area contributed by atoms with Crippen LogP contribution in [0.2, 0.25) is 0 Å². The molecular weight excluding hydrogens is 226 g/mol. The van der Waals surface area contributed by atoms with Gasteiger partial charge in [-0.15, -0.1) is 11.6 Å². The molecule has 1 aromatic rings. The van der Waals surface area contributed by atoms with Crippen LogP contribution in [0.4, 0.5) is 5.82 Å². The maximum atomic E-state index is 5.89. The Morgan fingerprint density at radius 1 is 1.44 bits per heavy atom. The van der Waals surface area contributed by atoms with E-state index in [1.807, 2.05) is 6.92 Å². The van der Waals surface area contributed by atoms with Gasteiger partial charge in [0.05, 0.1) is 7.11 Å². The molecule has 1 N–H and O–H groups in total. The van der Waals surface area contributed by atoms with E-state index >= 15 is 0 Å². The number of methoxy groups -OCH3 is 1. The van der Waals surface area contributed by atoms with Crippen molar-refractivity contribution in [2.75, 3.05) is 18.3 Å². The van der Waals surface area contributed by atoms with Crippen molar-refractivity contribution in [3.8, 4) is 5.88 Å². The summed E-state index contributed by atoms with van der Waals surface area (Å²) in [5.41, 5.74) is 0. The summed E-state index contributed by atoms with van der Waals surface area (Å²) in [6, 6.07) is 1.97. The summed E-state index contributed by atoms with van der Waals surface area (Å²) in [7, 11) is 1.59. The first-order chi connectivity index (χ1) is 7.56. The minimum Gasteiger partial charge on any atom is -0.481 e. The number of nitrogens with zero attached hydrogens (tertiary/aromatic N) is 2. The predicted molar refractivity (Wildman–Crippen MR) is 66.3 cm³/mol. The van der Waals surface area contributed by atoms with E-state index in [0.29, 0.717) is 23.5 Å². The molecule has 0 bridgehead atoms. The van der Waals surface area contributed by atoms with E-state index in [4.69, 9.17) is 16.3 Å². The van der Waals surface area contributed by atoms with E-state index < -0.39 is 0 Å². The van der Waals surface area contributed by atoms with E-state index in [1.165, 1.54) is 0 Å². The highest BCUT2D eigenvalue weighted by molar-refractivity contribution is 6.18. The van der Waals surface area contributed by atoms with Crippen LogP contribution in [-0.4, -0.2) is 29.0 Å². The van der Waals surface area contributed by atoms with Crippen molar-refractivity contribution in [1.29, 1.82) is 0 Å². The monoisotopic (exact) mass is 243 g/mol. The number of halogens is 1. The Morgan fingerprint density at radius 2 is 2.12 bits per heavy atom. The summed E-state index contributed by atoms with van der Waals surface area (Å²) < 4.78 is 5.09. The molecule has 5 heteroatoms. The summed E-state index contributed by atoms with van der Waals surface area (Å²) in [6.45, 7) is 6.06. The Morgan fingerprint density at radius 3 is 2.62 bits per heavy atom. The lowest BCUT2D eigenvalue weighted by Gasteiger charge is -2.20. The molecule has 0 aromatic carbocycles. The van der Waals surface area contributed by atoms with E-state index in [0.717, 1.165) is 5.82 Å². The van der Waals surface area contributed by atoms with Crippen molar-refractivity contribution in [1.82, 2.24) is 9.97 Å². The zero-order chi connectivity index (χ0) is 12.1. The zero-order valence-electron chi connectivity index (χ0n) is 10.1. The number of alkyl halides is 1. The van der Waals surface area contributed by atoms with Crippen LogP contribution in [-0.2, 0) is 0 Å². The number of ether oxygens (including phenoxy) is 1. The van der Waals surface area contributed by atoms with Gasteiger partial charge >= 0.3 is 0 Å². The molecule has 0 aliphatic carbocycles. The van der Waals surface area contributed by atoms with Gasteiger partial charge < -0.3 is 10.1 Å². The van der Waals surface area contributed by atoms with Crippen molar-refractivity contribution >= 4 is 17.4 Å². The van der Waals surface area contributed by atoms with Gasteiger partial charge in [0, 0.05) is 18.0 Å². The highest BCUT2D eigenvalue weighted by Crippen LogP contribution is 2.16. The Balaban J connectivity index is 2.83. The third kappa shape index (κ3) is 3.52. The second-order valence-corrected chi connectivity index (χ2v) is 4.30. The molecular formula is C11H18ClN3O. The molecule has 16 heavy (non-hydrogen) atoms. The minimum absolute atomic E-state index is 0.195. The van der Waals surface area contributed by atoms with Gasteiger partial charge in [0.15, 0.2) is 0 Å². The van der Waals surface area contributed by atoms with Crippen LogP contribution in [0.1, 0.15) is 19.7 Å². The number of rotatable bonds is 5. The lowest BCUT2D eigenvalue weighted by atomic mass is 10.1. The Bertz CT molecular complexity index is 344. The average Bonchev–Trinajstić information content (AvgIpc) is 2.24. The Labute approximate surface area is 101 Å². The van der Waals surface area contributed by atoms with E-state index in [9.17, 15) is 0 Å². The largest absolute Gasteiger partial charge is 0.481 e. The van der Waals surface area contributed by atoms with Crippen molar-refractivity contribution in [2.24, 2.45) is 5.92 Å². The van der Waals surface area contributed by atoms with Gasteiger partial charge in [0.25, 0.3) is 0 Å². The quantitative estimate of drug-likeness (QED) is 0.808. The standard InChI is InChI=1S/C11H18ClN3O/c1-7(2)9(6-12)15-10-5-11(16-4)14-8(3)13-10/h5,7,9H,6H2,1-4H3,(H,13,14,15). The second-order valence-electron chi connectivity index (χ2n) is 3.99. The maximum Gasteiger partial charge on any atom is 0.218 e. The van der Waals surface area contributed by atoms with Gasteiger partial charge in [-0.2, -0.15) is 4.98 Å².